The van der Waals surface area contributed by atoms with Crippen molar-refractivity contribution in [3.05, 3.63) is 59.7 Å². The van der Waals surface area contributed by atoms with Crippen LogP contribution in [0.3, 0.4) is 0 Å². The van der Waals surface area contributed by atoms with E-state index in [-0.39, 0.29) is 11.9 Å². The first-order valence-electron chi connectivity index (χ1n) is 10.1. The van der Waals surface area contributed by atoms with Gasteiger partial charge in [-0.15, -0.1) is 0 Å². The number of primary amides is 1. The number of halogens is 3. The quantitative estimate of drug-likeness (QED) is 0.807. The zero-order valence-corrected chi connectivity index (χ0v) is 16.8. The number of amides is 2. The van der Waals surface area contributed by atoms with E-state index in [1.165, 1.54) is 12.1 Å². The van der Waals surface area contributed by atoms with Crippen LogP contribution in [0.15, 0.2) is 48.5 Å². The lowest BCUT2D eigenvalue weighted by atomic mass is 10.1. The van der Waals surface area contributed by atoms with Gasteiger partial charge in [-0.3, -0.25) is 14.5 Å². The molecule has 0 bridgehead atoms. The maximum Gasteiger partial charge on any atom is 0.416 e. The van der Waals surface area contributed by atoms with E-state index in [1.54, 1.807) is 17.0 Å². The number of carbonyl (C=O) groups is 2. The summed E-state index contributed by atoms with van der Waals surface area (Å²) in [6.45, 7) is 3.37. The van der Waals surface area contributed by atoms with Crippen molar-refractivity contribution in [1.82, 2.24) is 4.90 Å². The number of hydrogen-bond acceptors (Lipinski definition) is 4. The predicted molar refractivity (Wildman–Crippen MR) is 111 cm³/mol. The van der Waals surface area contributed by atoms with Crippen LogP contribution in [0.5, 0.6) is 0 Å². The smallest absolute Gasteiger partial charge is 0.369 e. The number of rotatable bonds is 4. The fraction of sp³-hybridized carbons (Fsp3) is 0.364. The number of nitrogens with two attached hydrogens (primary N) is 1. The summed E-state index contributed by atoms with van der Waals surface area (Å²) in [5.74, 6) is -0.535. The van der Waals surface area contributed by atoms with Gasteiger partial charge in [-0.25, -0.2) is 0 Å². The summed E-state index contributed by atoms with van der Waals surface area (Å²) in [7, 11) is 0. The Kier molecular flexibility index (Phi) is 5.62. The number of anilines is 2. The van der Waals surface area contributed by atoms with Gasteiger partial charge in [-0.1, -0.05) is 0 Å². The van der Waals surface area contributed by atoms with E-state index in [0.717, 1.165) is 30.9 Å². The predicted octanol–water partition coefficient (Wildman–Crippen LogP) is 2.73. The second-order valence-corrected chi connectivity index (χ2v) is 7.77. The number of benzene rings is 2. The third-order valence-electron chi connectivity index (χ3n) is 5.96. The van der Waals surface area contributed by atoms with Crippen LogP contribution in [0.1, 0.15) is 22.3 Å². The van der Waals surface area contributed by atoms with Crippen molar-refractivity contribution < 1.29 is 22.8 Å². The maximum atomic E-state index is 12.9. The van der Waals surface area contributed by atoms with Gasteiger partial charge in [0.1, 0.15) is 0 Å². The second-order valence-electron chi connectivity index (χ2n) is 7.77. The molecule has 6 nitrogen and oxygen atoms in total. The summed E-state index contributed by atoms with van der Waals surface area (Å²) in [5.41, 5.74) is 6.50. The van der Waals surface area contributed by atoms with Gasteiger partial charge in [0.15, 0.2) is 0 Å². The molecule has 31 heavy (non-hydrogen) atoms. The average Bonchev–Trinajstić information content (AvgIpc) is 3.14. The molecular formula is C22H23F3N4O2. The SMILES string of the molecule is NC(=O)c1ccc(N2CCN(C3CCN(c4ccc(C(F)(F)F)cc4)C3=O)CC2)cc1. The van der Waals surface area contributed by atoms with Crippen molar-refractivity contribution in [2.75, 3.05) is 42.5 Å². The molecule has 2 aromatic rings. The Morgan fingerprint density at radius 2 is 1.45 bits per heavy atom. The van der Waals surface area contributed by atoms with E-state index in [1.807, 2.05) is 12.1 Å². The highest BCUT2D eigenvalue weighted by Gasteiger charge is 2.38. The molecule has 2 aromatic carbocycles. The van der Waals surface area contributed by atoms with Crippen LogP contribution in [0.4, 0.5) is 24.5 Å². The normalized spacial score (nSPS) is 20.4. The molecule has 2 N–H and O–H groups in total. The Bertz CT molecular complexity index is 952. The zero-order valence-electron chi connectivity index (χ0n) is 16.8. The van der Waals surface area contributed by atoms with Gasteiger partial charge in [0.2, 0.25) is 11.8 Å². The number of alkyl halides is 3. The summed E-state index contributed by atoms with van der Waals surface area (Å²) in [5, 5.41) is 0. The summed E-state index contributed by atoms with van der Waals surface area (Å²) in [4.78, 5) is 30.1. The molecule has 0 saturated carbocycles. The van der Waals surface area contributed by atoms with Crippen LogP contribution in [-0.4, -0.2) is 55.5 Å². The van der Waals surface area contributed by atoms with Crippen molar-refractivity contribution in [2.45, 2.75) is 18.6 Å². The fourth-order valence-corrected chi connectivity index (χ4v) is 4.22. The molecule has 1 unspecified atom stereocenters. The lowest BCUT2D eigenvalue weighted by Crippen LogP contribution is -2.52. The monoisotopic (exact) mass is 432 g/mol. The maximum absolute atomic E-state index is 12.9. The molecule has 2 aliphatic rings. The van der Waals surface area contributed by atoms with Gasteiger partial charge in [-0.2, -0.15) is 13.2 Å². The summed E-state index contributed by atoms with van der Waals surface area (Å²) in [6, 6.07) is 11.6. The van der Waals surface area contributed by atoms with Gasteiger partial charge < -0.3 is 15.5 Å². The highest BCUT2D eigenvalue weighted by molar-refractivity contribution is 5.99. The first-order valence-corrected chi connectivity index (χ1v) is 10.1. The average molecular weight is 432 g/mol. The molecule has 2 heterocycles. The molecule has 0 aromatic heterocycles. The molecule has 1 atom stereocenters. The molecule has 0 aliphatic carbocycles. The van der Waals surface area contributed by atoms with Crippen LogP contribution in [0.25, 0.3) is 0 Å². The summed E-state index contributed by atoms with van der Waals surface area (Å²) in [6.07, 6.45) is -3.75. The van der Waals surface area contributed by atoms with Gasteiger partial charge >= 0.3 is 6.18 Å². The topological polar surface area (TPSA) is 69.9 Å². The minimum absolute atomic E-state index is 0.0704. The van der Waals surface area contributed by atoms with Crippen molar-refractivity contribution in [3.63, 3.8) is 0 Å². The lowest BCUT2D eigenvalue weighted by molar-refractivity contribution is -0.137. The Morgan fingerprint density at radius 1 is 0.871 bits per heavy atom. The van der Waals surface area contributed by atoms with Crippen LogP contribution in [-0.2, 0) is 11.0 Å². The van der Waals surface area contributed by atoms with Crippen molar-refractivity contribution in [3.8, 4) is 0 Å². The molecule has 2 saturated heterocycles. The molecule has 164 valence electrons. The van der Waals surface area contributed by atoms with E-state index < -0.39 is 17.6 Å². The molecule has 4 rings (SSSR count). The molecule has 0 radical (unpaired) electrons. The number of piperazine rings is 1. The van der Waals surface area contributed by atoms with E-state index >= 15 is 0 Å². The third-order valence-corrected chi connectivity index (χ3v) is 5.96. The molecule has 2 amide bonds. The van der Waals surface area contributed by atoms with Crippen LogP contribution in [0.2, 0.25) is 0 Å². The minimum Gasteiger partial charge on any atom is -0.369 e. The van der Waals surface area contributed by atoms with E-state index in [9.17, 15) is 22.8 Å². The van der Waals surface area contributed by atoms with Crippen LogP contribution in [0, 0.1) is 0 Å². The molecular weight excluding hydrogens is 409 g/mol. The van der Waals surface area contributed by atoms with Gasteiger partial charge in [0.05, 0.1) is 11.6 Å². The molecule has 2 fully saturated rings. The highest BCUT2D eigenvalue weighted by atomic mass is 19.4. The first kappa shape index (κ1) is 21.2. The van der Waals surface area contributed by atoms with Crippen molar-refractivity contribution >= 4 is 23.2 Å². The first-order chi connectivity index (χ1) is 14.7. The fourth-order valence-electron chi connectivity index (χ4n) is 4.22. The lowest BCUT2D eigenvalue weighted by Gasteiger charge is -2.38. The number of carbonyl (C=O) groups excluding carboxylic acids is 2. The summed E-state index contributed by atoms with van der Waals surface area (Å²) >= 11 is 0. The Hall–Kier alpha value is -3.07. The standard InChI is InChI=1S/C22H23F3N4O2/c23-22(24,25)16-3-7-18(8-4-16)29-10-9-19(21(29)31)28-13-11-27(12-14-28)17-5-1-15(2-6-17)20(26)30/h1-8,19H,9-14H2,(H2,26,30). The number of hydrogen-bond donors (Lipinski definition) is 1. The van der Waals surface area contributed by atoms with Gasteiger partial charge in [0, 0.05) is 49.7 Å². The van der Waals surface area contributed by atoms with Crippen molar-refractivity contribution in [2.24, 2.45) is 5.73 Å². The van der Waals surface area contributed by atoms with Crippen molar-refractivity contribution in [1.29, 1.82) is 0 Å². The number of nitrogens with zero attached hydrogens (tertiary/aromatic N) is 3. The van der Waals surface area contributed by atoms with E-state index in [2.05, 4.69) is 9.80 Å². The molecule has 2 aliphatic heterocycles. The van der Waals surface area contributed by atoms with Gasteiger partial charge in [0.25, 0.3) is 0 Å². The van der Waals surface area contributed by atoms with Crippen LogP contribution >= 0.6 is 0 Å². The minimum atomic E-state index is -4.39. The Morgan fingerprint density at radius 3 is 2.00 bits per heavy atom. The van der Waals surface area contributed by atoms with E-state index in [0.29, 0.717) is 37.3 Å². The molecule has 0 spiro atoms. The van der Waals surface area contributed by atoms with Gasteiger partial charge in [-0.05, 0) is 55.0 Å². The molecule has 9 heteroatoms. The highest BCUT2D eigenvalue weighted by Crippen LogP contribution is 2.32. The second kappa shape index (κ2) is 8.22. The Balaban J connectivity index is 1.36. The Labute approximate surface area is 178 Å². The third kappa shape index (κ3) is 4.36. The summed E-state index contributed by atoms with van der Waals surface area (Å²) < 4.78 is 38.3. The van der Waals surface area contributed by atoms with E-state index in [4.69, 9.17) is 5.73 Å². The zero-order chi connectivity index (χ0) is 22.2. The van der Waals surface area contributed by atoms with Crippen LogP contribution < -0.4 is 15.5 Å². The largest absolute Gasteiger partial charge is 0.416 e.